The maximum Gasteiger partial charge on any atom is 0.331 e. The van der Waals surface area contributed by atoms with E-state index in [1.807, 2.05) is 0 Å². The highest BCUT2D eigenvalue weighted by Crippen LogP contribution is 2.40. The Hall–Kier alpha value is -1.39. The van der Waals surface area contributed by atoms with Crippen LogP contribution >= 0.6 is 0 Å². The van der Waals surface area contributed by atoms with E-state index in [-0.39, 0.29) is 17.4 Å². The molecule has 1 aliphatic heterocycles. The molecule has 1 heterocycles. The lowest BCUT2D eigenvalue weighted by atomic mass is 9.71. The predicted octanol–water partition coefficient (Wildman–Crippen LogP) is 2.06. The normalized spacial score (nSPS) is 30.2. The Labute approximate surface area is 113 Å². The zero-order chi connectivity index (χ0) is 14.4. The molecule has 2 fully saturated rings. The average molecular weight is 266 g/mol. The van der Waals surface area contributed by atoms with Gasteiger partial charge in [0.1, 0.15) is 5.41 Å². The first-order valence-corrected chi connectivity index (χ1v) is 6.87. The van der Waals surface area contributed by atoms with E-state index in [1.165, 1.54) is 4.90 Å². The van der Waals surface area contributed by atoms with Crippen LogP contribution in [0.2, 0.25) is 0 Å². The fraction of sp³-hybridized carbons (Fsp3) is 0.786. The van der Waals surface area contributed by atoms with Gasteiger partial charge in [0.05, 0.1) is 0 Å². The summed E-state index contributed by atoms with van der Waals surface area (Å²) in [5.74, 6) is -0.881. The second kappa shape index (κ2) is 4.32. The van der Waals surface area contributed by atoms with Crippen molar-refractivity contribution in [2.75, 3.05) is 0 Å². The van der Waals surface area contributed by atoms with Crippen molar-refractivity contribution in [2.24, 2.45) is 10.8 Å². The number of nitrogens with zero attached hydrogens (tertiary/aromatic N) is 1. The van der Waals surface area contributed by atoms with Crippen LogP contribution in [0.3, 0.4) is 0 Å². The summed E-state index contributed by atoms with van der Waals surface area (Å²) in [5.41, 5.74) is -1.26. The maximum atomic E-state index is 12.5. The van der Waals surface area contributed by atoms with Gasteiger partial charge in [-0.1, -0.05) is 26.7 Å². The number of carbonyl (C=O) groups excluding carboxylic acids is 3. The number of hydrogen-bond donors (Lipinski definition) is 1. The van der Waals surface area contributed by atoms with Crippen LogP contribution < -0.4 is 5.32 Å². The molecule has 1 N–H and O–H groups in total. The van der Waals surface area contributed by atoms with E-state index in [0.717, 1.165) is 25.7 Å². The van der Waals surface area contributed by atoms with E-state index in [0.29, 0.717) is 0 Å². The second-order valence-electron chi connectivity index (χ2n) is 6.81. The first-order valence-electron chi connectivity index (χ1n) is 6.87. The van der Waals surface area contributed by atoms with E-state index >= 15 is 0 Å². The highest BCUT2D eigenvalue weighted by Gasteiger charge is 2.52. The topological polar surface area (TPSA) is 66.5 Å². The predicted molar refractivity (Wildman–Crippen MR) is 70.2 cm³/mol. The first kappa shape index (κ1) is 14.0. The fourth-order valence-corrected chi connectivity index (χ4v) is 3.04. The summed E-state index contributed by atoms with van der Waals surface area (Å²) in [4.78, 5) is 37.6. The molecule has 19 heavy (non-hydrogen) atoms. The van der Waals surface area contributed by atoms with Crippen molar-refractivity contribution in [3.8, 4) is 0 Å². The van der Waals surface area contributed by atoms with Crippen molar-refractivity contribution >= 4 is 17.8 Å². The van der Waals surface area contributed by atoms with Gasteiger partial charge in [-0.15, -0.1) is 0 Å². The number of barbiturate groups is 1. The highest BCUT2D eigenvalue weighted by molar-refractivity contribution is 6.18. The van der Waals surface area contributed by atoms with Gasteiger partial charge in [-0.25, -0.2) is 4.79 Å². The molecule has 1 aliphatic carbocycles. The molecule has 0 aromatic heterocycles. The molecule has 0 bridgehead atoms. The Kier molecular flexibility index (Phi) is 3.19. The number of urea groups is 1. The Morgan fingerprint density at radius 1 is 1.11 bits per heavy atom. The van der Waals surface area contributed by atoms with Crippen LogP contribution in [0.4, 0.5) is 4.79 Å². The smallest absolute Gasteiger partial charge is 0.277 e. The summed E-state index contributed by atoms with van der Waals surface area (Å²) in [5, 5.41) is 2.31. The molecule has 5 heteroatoms. The van der Waals surface area contributed by atoms with Crippen molar-refractivity contribution < 1.29 is 14.4 Å². The second-order valence-corrected chi connectivity index (χ2v) is 6.81. The minimum atomic E-state index is -1.17. The quantitative estimate of drug-likeness (QED) is 0.739. The fourth-order valence-electron chi connectivity index (χ4n) is 3.04. The number of rotatable bonds is 1. The van der Waals surface area contributed by atoms with Gasteiger partial charge in [0.25, 0.3) is 0 Å². The SMILES string of the molecule is CC1(C)C(=O)NC(=O)N(C2CCCCC2(C)C)C1=O. The van der Waals surface area contributed by atoms with Crippen LogP contribution in [0.5, 0.6) is 0 Å². The molecule has 0 spiro atoms. The Morgan fingerprint density at radius 3 is 2.32 bits per heavy atom. The zero-order valence-electron chi connectivity index (χ0n) is 12.1. The minimum Gasteiger partial charge on any atom is -0.277 e. The molecule has 0 aromatic rings. The van der Waals surface area contributed by atoms with Gasteiger partial charge < -0.3 is 0 Å². The lowest BCUT2D eigenvalue weighted by Gasteiger charge is -2.47. The minimum absolute atomic E-state index is 0.0955. The van der Waals surface area contributed by atoms with Crippen LogP contribution in [-0.4, -0.2) is 28.8 Å². The number of carbonyl (C=O) groups is 3. The van der Waals surface area contributed by atoms with Gasteiger partial charge >= 0.3 is 6.03 Å². The van der Waals surface area contributed by atoms with E-state index in [4.69, 9.17) is 0 Å². The van der Waals surface area contributed by atoms with Crippen molar-refractivity contribution in [3.05, 3.63) is 0 Å². The Balaban J connectivity index is 2.35. The van der Waals surface area contributed by atoms with Crippen LogP contribution in [0.15, 0.2) is 0 Å². The molecule has 0 radical (unpaired) electrons. The zero-order valence-corrected chi connectivity index (χ0v) is 12.1. The van der Waals surface area contributed by atoms with Crippen LogP contribution in [0.25, 0.3) is 0 Å². The third-order valence-corrected chi connectivity index (χ3v) is 4.52. The molecule has 5 nitrogen and oxygen atoms in total. The van der Waals surface area contributed by atoms with E-state index in [9.17, 15) is 14.4 Å². The molecule has 1 saturated heterocycles. The molecule has 1 atom stereocenters. The van der Waals surface area contributed by atoms with Crippen molar-refractivity contribution in [3.63, 3.8) is 0 Å². The Bertz CT molecular complexity index is 440. The molecule has 1 unspecified atom stereocenters. The summed E-state index contributed by atoms with van der Waals surface area (Å²) in [6.45, 7) is 7.31. The molecule has 2 rings (SSSR count). The van der Waals surface area contributed by atoms with Gasteiger partial charge in [0, 0.05) is 6.04 Å². The van der Waals surface area contributed by atoms with Gasteiger partial charge in [-0.2, -0.15) is 0 Å². The van der Waals surface area contributed by atoms with E-state index in [1.54, 1.807) is 13.8 Å². The molecule has 106 valence electrons. The molecular weight excluding hydrogens is 244 g/mol. The van der Waals surface area contributed by atoms with Crippen molar-refractivity contribution in [1.29, 1.82) is 0 Å². The average Bonchev–Trinajstić information content (AvgIpc) is 2.29. The van der Waals surface area contributed by atoms with E-state index in [2.05, 4.69) is 19.2 Å². The molecule has 0 aromatic carbocycles. The summed E-state index contributed by atoms with van der Waals surface area (Å²) < 4.78 is 0. The highest BCUT2D eigenvalue weighted by atomic mass is 16.2. The monoisotopic (exact) mass is 266 g/mol. The summed E-state index contributed by atoms with van der Waals surface area (Å²) in [6.07, 6.45) is 3.94. The lowest BCUT2D eigenvalue weighted by molar-refractivity contribution is -0.153. The number of amides is 4. The van der Waals surface area contributed by atoms with Crippen LogP contribution in [-0.2, 0) is 9.59 Å². The van der Waals surface area contributed by atoms with Crippen LogP contribution in [0, 0.1) is 10.8 Å². The molecular formula is C14H22N2O3. The van der Waals surface area contributed by atoms with Crippen molar-refractivity contribution in [1.82, 2.24) is 10.2 Å². The number of nitrogens with one attached hydrogen (secondary N) is 1. The molecule has 1 saturated carbocycles. The summed E-state index contributed by atoms with van der Waals surface area (Å²) >= 11 is 0. The largest absolute Gasteiger partial charge is 0.331 e. The van der Waals surface area contributed by atoms with Gasteiger partial charge in [0.2, 0.25) is 11.8 Å². The van der Waals surface area contributed by atoms with Crippen molar-refractivity contribution in [2.45, 2.75) is 59.4 Å². The third kappa shape index (κ3) is 2.15. The standard InChI is InChI=1S/C14H22N2O3/c1-13(2)8-6-5-7-9(13)16-11(18)14(3,4)10(17)15-12(16)19/h9H,5-8H2,1-4H3,(H,15,17,19). The van der Waals surface area contributed by atoms with Crippen LogP contribution in [0.1, 0.15) is 53.4 Å². The Morgan fingerprint density at radius 2 is 1.74 bits per heavy atom. The summed E-state index contributed by atoms with van der Waals surface area (Å²) in [7, 11) is 0. The maximum absolute atomic E-state index is 12.5. The molecule has 2 aliphatic rings. The molecule has 4 amide bonds. The lowest BCUT2D eigenvalue weighted by Crippen LogP contribution is -2.66. The van der Waals surface area contributed by atoms with Gasteiger partial charge in [0.15, 0.2) is 0 Å². The number of imide groups is 2. The van der Waals surface area contributed by atoms with Gasteiger partial charge in [-0.3, -0.25) is 19.8 Å². The third-order valence-electron chi connectivity index (χ3n) is 4.52. The van der Waals surface area contributed by atoms with Gasteiger partial charge in [-0.05, 0) is 32.1 Å². The number of hydrogen-bond acceptors (Lipinski definition) is 3. The van der Waals surface area contributed by atoms with E-state index < -0.39 is 17.4 Å². The first-order chi connectivity index (χ1) is 8.68. The summed E-state index contributed by atoms with van der Waals surface area (Å²) in [6, 6.07) is -0.685.